The van der Waals surface area contributed by atoms with Crippen molar-refractivity contribution in [3.8, 4) is 0 Å². The third-order valence-electron chi connectivity index (χ3n) is 14.6. The summed E-state index contributed by atoms with van der Waals surface area (Å²) in [5.74, 6) is -0.888. The molecular weight excluding hydrogens is 961 g/mol. The molecule has 0 saturated carbocycles. The summed E-state index contributed by atoms with van der Waals surface area (Å²) in [6.45, 7) is 6.54. The first-order valence-electron chi connectivity index (χ1n) is 33.6. The van der Waals surface area contributed by atoms with Crippen LogP contribution in [0.15, 0.2) is 85.1 Å². The Morgan fingerprint density at radius 1 is 0.269 bits per heavy atom. The highest BCUT2D eigenvalue weighted by atomic mass is 16.6. The van der Waals surface area contributed by atoms with Crippen molar-refractivity contribution in [1.29, 1.82) is 0 Å². The summed E-state index contributed by atoms with van der Waals surface area (Å²) in [4.78, 5) is 38.4. The van der Waals surface area contributed by atoms with E-state index in [2.05, 4.69) is 106 Å². The third kappa shape index (κ3) is 63.4. The molecule has 0 heterocycles. The van der Waals surface area contributed by atoms with Gasteiger partial charge < -0.3 is 14.2 Å². The molecule has 78 heavy (non-hydrogen) atoms. The second kappa shape index (κ2) is 66.1. The Hall–Kier alpha value is -3.41. The lowest BCUT2D eigenvalue weighted by Gasteiger charge is -2.18. The molecule has 1 unspecified atom stereocenters. The van der Waals surface area contributed by atoms with Gasteiger partial charge in [0.1, 0.15) is 13.2 Å². The van der Waals surface area contributed by atoms with Crippen LogP contribution in [0, 0.1) is 0 Å². The van der Waals surface area contributed by atoms with E-state index >= 15 is 0 Å². The van der Waals surface area contributed by atoms with Gasteiger partial charge in [-0.25, -0.2) is 0 Å². The number of esters is 3. The highest BCUT2D eigenvalue weighted by Gasteiger charge is 2.19. The van der Waals surface area contributed by atoms with E-state index in [4.69, 9.17) is 14.2 Å². The average molecular weight is 1090 g/mol. The van der Waals surface area contributed by atoms with E-state index in [9.17, 15) is 14.4 Å². The van der Waals surface area contributed by atoms with Gasteiger partial charge in [0.25, 0.3) is 0 Å². The Bertz CT molecular complexity index is 1480. The molecule has 0 aromatic rings. The summed E-state index contributed by atoms with van der Waals surface area (Å²) in [5.41, 5.74) is 0. The molecule has 0 spiro atoms. The van der Waals surface area contributed by atoms with Gasteiger partial charge in [0.15, 0.2) is 6.10 Å². The van der Waals surface area contributed by atoms with Gasteiger partial charge >= 0.3 is 17.9 Å². The fourth-order valence-corrected chi connectivity index (χ4v) is 9.62. The molecule has 6 nitrogen and oxygen atoms in total. The minimum atomic E-state index is -0.786. The summed E-state index contributed by atoms with van der Waals surface area (Å²) in [5, 5.41) is 0. The lowest BCUT2D eigenvalue weighted by molar-refractivity contribution is -0.167. The molecule has 0 aliphatic heterocycles. The zero-order valence-electron chi connectivity index (χ0n) is 51.7. The molecule has 0 rings (SSSR count). The highest BCUT2D eigenvalue weighted by Crippen LogP contribution is 2.17. The average Bonchev–Trinajstić information content (AvgIpc) is 3.44. The van der Waals surface area contributed by atoms with Gasteiger partial charge in [0.05, 0.1) is 0 Å². The number of carbonyl (C=O) groups excluding carboxylic acids is 3. The quantitative estimate of drug-likeness (QED) is 0.0261. The maximum Gasteiger partial charge on any atom is 0.306 e. The number of rotatable bonds is 61. The Morgan fingerprint density at radius 3 is 0.795 bits per heavy atom. The van der Waals surface area contributed by atoms with Gasteiger partial charge in [-0.15, -0.1) is 0 Å². The van der Waals surface area contributed by atoms with Crippen LogP contribution in [0.5, 0.6) is 0 Å². The van der Waals surface area contributed by atoms with Crippen molar-refractivity contribution in [1.82, 2.24) is 0 Å². The van der Waals surface area contributed by atoms with Crippen LogP contribution in [0.4, 0.5) is 0 Å². The van der Waals surface area contributed by atoms with Crippen molar-refractivity contribution in [3.63, 3.8) is 0 Å². The van der Waals surface area contributed by atoms with Gasteiger partial charge in [-0.05, 0) is 96.3 Å². The van der Waals surface area contributed by atoms with Crippen molar-refractivity contribution in [3.05, 3.63) is 85.1 Å². The van der Waals surface area contributed by atoms with Crippen molar-refractivity contribution >= 4 is 17.9 Å². The first kappa shape index (κ1) is 74.6. The van der Waals surface area contributed by atoms with E-state index in [1.54, 1.807) is 0 Å². The molecule has 0 radical (unpaired) electrons. The lowest BCUT2D eigenvalue weighted by atomic mass is 10.0. The number of unbranched alkanes of at least 4 members (excludes halogenated alkanes) is 36. The first-order chi connectivity index (χ1) is 38.5. The van der Waals surface area contributed by atoms with E-state index in [1.165, 1.54) is 180 Å². The van der Waals surface area contributed by atoms with E-state index in [0.717, 1.165) is 116 Å². The number of allylic oxidation sites excluding steroid dienone is 14. The van der Waals surface area contributed by atoms with E-state index in [0.29, 0.717) is 19.3 Å². The Labute approximate surface area is 484 Å². The predicted octanol–water partition coefficient (Wildman–Crippen LogP) is 23.1. The van der Waals surface area contributed by atoms with Gasteiger partial charge in [-0.1, -0.05) is 305 Å². The molecule has 450 valence electrons. The number of hydrogen-bond donors (Lipinski definition) is 0. The molecule has 0 aliphatic carbocycles. The molecule has 0 saturated heterocycles. The summed E-state index contributed by atoms with van der Waals surface area (Å²) in [6.07, 6.45) is 87.4. The summed E-state index contributed by atoms with van der Waals surface area (Å²) in [7, 11) is 0. The van der Waals surface area contributed by atoms with Crippen molar-refractivity contribution in [2.24, 2.45) is 0 Å². The van der Waals surface area contributed by atoms with Crippen molar-refractivity contribution in [2.45, 2.75) is 341 Å². The second-order valence-electron chi connectivity index (χ2n) is 22.4. The van der Waals surface area contributed by atoms with Gasteiger partial charge in [-0.2, -0.15) is 0 Å². The van der Waals surface area contributed by atoms with Gasteiger partial charge in [-0.3, -0.25) is 14.4 Å². The lowest BCUT2D eigenvalue weighted by Crippen LogP contribution is -2.30. The topological polar surface area (TPSA) is 78.9 Å². The molecule has 0 fully saturated rings. The minimum absolute atomic E-state index is 0.0827. The molecule has 0 N–H and O–H groups in total. The Morgan fingerprint density at radius 2 is 0.500 bits per heavy atom. The van der Waals surface area contributed by atoms with Crippen LogP contribution in [-0.4, -0.2) is 37.2 Å². The van der Waals surface area contributed by atoms with Crippen molar-refractivity contribution < 1.29 is 28.6 Å². The van der Waals surface area contributed by atoms with Gasteiger partial charge in [0.2, 0.25) is 0 Å². The molecule has 1 atom stereocenters. The monoisotopic (exact) mass is 1090 g/mol. The van der Waals surface area contributed by atoms with E-state index in [-0.39, 0.29) is 31.1 Å². The zero-order chi connectivity index (χ0) is 56.4. The number of ether oxygens (including phenoxy) is 3. The smallest absolute Gasteiger partial charge is 0.306 e. The number of carbonyl (C=O) groups is 3. The molecular formula is C72H126O6. The predicted molar refractivity (Wildman–Crippen MR) is 339 cm³/mol. The molecule has 0 aromatic heterocycles. The van der Waals surface area contributed by atoms with Crippen LogP contribution in [-0.2, 0) is 28.6 Å². The van der Waals surface area contributed by atoms with Crippen LogP contribution in [0.3, 0.4) is 0 Å². The molecule has 6 heteroatoms. The maximum atomic E-state index is 12.9. The summed E-state index contributed by atoms with van der Waals surface area (Å²) < 4.78 is 16.9. The molecule has 0 aromatic carbocycles. The van der Waals surface area contributed by atoms with Crippen LogP contribution >= 0.6 is 0 Å². The SMILES string of the molecule is CC/C=C\C/C=C\C/C=C\C/C=C\C/C=C\C/C=C\CCCCCCCCC(=O)OCC(COC(=O)CCCCCCC/C=C\CCCCCCC)OC(=O)CCCCCCCCCCCCCCCCCCCCCCC. The first-order valence-corrected chi connectivity index (χ1v) is 33.6. The maximum absolute atomic E-state index is 12.9. The molecule has 0 amide bonds. The Kier molecular flexibility index (Phi) is 63.2. The van der Waals surface area contributed by atoms with Crippen LogP contribution in [0.25, 0.3) is 0 Å². The van der Waals surface area contributed by atoms with E-state index < -0.39 is 6.10 Å². The summed E-state index contributed by atoms with van der Waals surface area (Å²) >= 11 is 0. The minimum Gasteiger partial charge on any atom is -0.462 e. The molecule has 0 bridgehead atoms. The Balaban J connectivity index is 4.35. The molecule has 0 aliphatic rings. The standard InChI is InChI=1S/C72H126O6/c1-4-7-10-13-16-19-22-25-28-30-32-34-35-36-37-39-40-42-44-47-50-53-56-59-62-65-71(74)77-68-69(67-76-70(73)64-61-58-55-52-49-46-27-24-21-18-15-12-9-6-3)78-72(75)66-63-60-57-54-51-48-45-43-41-38-33-31-29-26-23-20-17-14-11-8-5-2/h7,10,16,19,24-25,27-28,32,34,36-37,40,42,69H,4-6,8-9,11-15,17-18,20-23,26,29-31,33,35,38-39,41,43-68H2,1-3H3/b10-7-,19-16-,27-24-,28-25-,34-32-,37-36-,42-40-. The fraction of sp³-hybridized carbons (Fsp3) is 0.764. The van der Waals surface area contributed by atoms with Gasteiger partial charge in [0, 0.05) is 19.3 Å². The van der Waals surface area contributed by atoms with Crippen LogP contribution in [0.2, 0.25) is 0 Å². The number of hydrogen-bond acceptors (Lipinski definition) is 6. The zero-order valence-corrected chi connectivity index (χ0v) is 51.7. The largest absolute Gasteiger partial charge is 0.462 e. The second-order valence-corrected chi connectivity index (χ2v) is 22.4. The van der Waals surface area contributed by atoms with Crippen LogP contribution in [0.1, 0.15) is 335 Å². The normalized spacial score (nSPS) is 12.6. The third-order valence-corrected chi connectivity index (χ3v) is 14.6. The van der Waals surface area contributed by atoms with Crippen molar-refractivity contribution in [2.75, 3.05) is 13.2 Å². The summed E-state index contributed by atoms with van der Waals surface area (Å²) in [6, 6.07) is 0. The highest BCUT2D eigenvalue weighted by molar-refractivity contribution is 5.71. The fourth-order valence-electron chi connectivity index (χ4n) is 9.62. The van der Waals surface area contributed by atoms with Crippen LogP contribution < -0.4 is 0 Å². The van der Waals surface area contributed by atoms with E-state index in [1.807, 2.05) is 0 Å².